The van der Waals surface area contributed by atoms with Crippen LogP contribution in [0.5, 0.6) is 5.88 Å². The molecule has 20 heavy (non-hydrogen) atoms. The highest BCUT2D eigenvalue weighted by molar-refractivity contribution is 5.81. The van der Waals surface area contributed by atoms with Gasteiger partial charge >= 0.3 is 0 Å². The van der Waals surface area contributed by atoms with Crippen LogP contribution < -0.4 is 4.74 Å². The molecule has 2 heterocycles. The summed E-state index contributed by atoms with van der Waals surface area (Å²) >= 11 is 0. The Labute approximate surface area is 120 Å². The van der Waals surface area contributed by atoms with E-state index in [9.17, 15) is 4.79 Å². The Hall–Kier alpha value is -1.58. The number of pyridine rings is 1. The summed E-state index contributed by atoms with van der Waals surface area (Å²) in [5.74, 6) is 2.01. The number of rotatable bonds is 4. The summed E-state index contributed by atoms with van der Waals surface area (Å²) in [7, 11) is 0. The van der Waals surface area contributed by atoms with Crippen molar-refractivity contribution in [3.63, 3.8) is 0 Å². The molecule has 4 nitrogen and oxygen atoms in total. The number of piperidine rings is 1. The molecule has 1 saturated heterocycles. The molecule has 0 radical (unpaired) electrons. The van der Waals surface area contributed by atoms with Gasteiger partial charge in [-0.25, -0.2) is 4.98 Å². The number of aromatic nitrogens is 1. The van der Waals surface area contributed by atoms with Crippen LogP contribution in [0.4, 0.5) is 0 Å². The average Bonchev–Trinajstić information content (AvgIpc) is 3.31. The first kappa shape index (κ1) is 13.4. The summed E-state index contributed by atoms with van der Waals surface area (Å²) in [6.07, 6.45) is 6.05. The van der Waals surface area contributed by atoms with E-state index >= 15 is 0 Å². The van der Waals surface area contributed by atoms with Gasteiger partial charge in [-0.3, -0.25) is 4.79 Å². The Morgan fingerprint density at radius 3 is 2.75 bits per heavy atom. The molecule has 0 atom stereocenters. The van der Waals surface area contributed by atoms with E-state index in [0.717, 1.165) is 50.2 Å². The third-order valence-corrected chi connectivity index (χ3v) is 4.27. The number of aryl methyl sites for hydroxylation is 1. The molecule has 3 rings (SSSR count). The molecule has 1 saturated carbocycles. The Morgan fingerprint density at radius 1 is 1.35 bits per heavy atom. The second-order valence-corrected chi connectivity index (χ2v) is 5.98. The summed E-state index contributed by atoms with van der Waals surface area (Å²) in [5, 5.41) is 0. The van der Waals surface area contributed by atoms with E-state index in [0.29, 0.717) is 24.3 Å². The van der Waals surface area contributed by atoms with Crippen molar-refractivity contribution in [2.45, 2.75) is 32.6 Å². The molecule has 1 amide bonds. The molecule has 1 aromatic heterocycles. The summed E-state index contributed by atoms with van der Waals surface area (Å²) < 4.78 is 5.82. The van der Waals surface area contributed by atoms with Crippen molar-refractivity contribution in [1.29, 1.82) is 0 Å². The van der Waals surface area contributed by atoms with Gasteiger partial charge in [-0.05, 0) is 44.6 Å². The van der Waals surface area contributed by atoms with E-state index in [1.165, 1.54) is 0 Å². The number of likely N-dealkylation sites (tertiary alicyclic amines) is 1. The molecule has 2 aliphatic rings. The van der Waals surface area contributed by atoms with Crippen molar-refractivity contribution in [3.05, 3.63) is 23.9 Å². The van der Waals surface area contributed by atoms with Gasteiger partial charge in [-0.1, -0.05) is 6.07 Å². The van der Waals surface area contributed by atoms with Crippen LogP contribution in [0.15, 0.2) is 18.3 Å². The average molecular weight is 274 g/mol. The Balaban J connectivity index is 1.44. The van der Waals surface area contributed by atoms with Crippen LogP contribution in [0.1, 0.15) is 31.2 Å². The van der Waals surface area contributed by atoms with E-state index in [2.05, 4.69) is 4.98 Å². The SMILES string of the molecule is Cc1cccnc1OCC1CCN(C(=O)C2CC2)CC1. The molecule has 4 heteroatoms. The predicted molar refractivity (Wildman–Crippen MR) is 76.5 cm³/mol. The zero-order valence-corrected chi connectivity index (χ0v) is 12.0. The second-order valence-electron chi connectivity index (χ2n) is 5.98. The predicted octanol–water partition coefficient (Wildman–Crippen LogP) is 2.42. The third kappa shape index (κ3) is 3.11. The quantitative estimate of drug-likeness (QED) is 0.847. The van der Waals surface area contributed by atoms with Crippen LogP contribution in [-0.2, 0) is 4.79 Å². The highest BCUT2D eigenvalue weighted by Crippen LogP contribution is 2.32. The van der Waals surface area contributed by atoms with Crippen LogP contribution in [0.25, 0.3) is 0 Å². The molecule has 108 valence electrons. The number of amides is 1. The van der Waals surface area contributed by atoms with Crippen LogP contribution in [0.3, 0.4) is 0 Å². The highest BCUT2D eigenvalue weighted by atomic mass is 16.5. The smallest absolute Gasteiger partial charge is 0.225 e. The lowest BCUT2D eigenvalue weighted by molar-refractivity contribution is -0.134. The molecule has 0 spiro atoms. The van der Waals surface area contributed by atoms with Crippen molar-refractivity contribution in [2.75, 3.05) is 19.7 Å². The van der Waals surface area contributed by atoms with Crippen LogP contribution in [-0.4, -0.2) is 35.5 Å². The second kappa shape index (κ2) is 5.81. The normalized spacial score (nSPS) is 19.9. The molecule has 1 aromatic rings. The van der Waals surface area contributed by atoms with Gasteiger partial charge in [0.1, 0.15) is 0 Å². The molecule has 0 unspecified atom stereocenters. The van der Waals surface area contributed by atoms with Gasteiger partial charge < -0.3 is 9.64 Å². The van der Waals surface area contributed by atoms with E-state index in [4.69, 9.17) is 4.74 Å². The van der Waals surface area contributed by atoms with Crippen molar-refractivity contribution in [3.8, 4) is 5.88 Å². The van der Waals surface area contributed by atoms with Crippen LogP contribution in [0.2, 0.25) is 0 Å². The van der Waals surface area contributed by atoms with Gasteiger partial charge in [-0.15, -0.1) is 0 Å². The molecular formula is C16H22N2O2. The monoisotopic (exact) mass is 274 g/mol. The standard InChI is InChI=1S/C16H22N2O2/c1-12-3-2-8-17-15(12)20-11-13-6-9-18(10-7-13)16(19)14-4-5-14/h2-3,8,13-14H,4-7,9-11H2,1H3. The molecule has 0 N–H and O–H groups in total. The molecule has 0 aromatic carbocycles. The number of ether oxygens (including phenoxy) is 1. The van der Waals surface area contributed by atoms with Gasteiger partial charge in [0.15, 0.2) is 0 Å². The van der Waals surface area contributed by atoms with E-state index in [1.54, 1.807) is 6.20 Å². The van der Waals surface area contributed by atoms with Gasteiger partial charge in [0.2, 0.25) is 11.8 Å². The highest BCUT2D eigenvalue weighted by Gasteiger charge is 2.34. The lowest BCUT2D eigenvalue weighted by Crippen LogP contribution is -2.40. The summed E-state index contributed by atoms with van der Waals surface area (Å²) in [6, 6.07) is 3.93. The zero-order valence-electron chi connectivity index (χ0n) is 12.0. The fraction of sp³-hybridized carbons (Fsp3) is 0.625. The first-order valence-electron chi connectivity index (χ1n) is 7.57. The zero-order chi connectivity index (χ0) is 13.9. The van der Waals surface area contributed by atoms with Crippen molar-refractivity contribution in [2.24, 2.45) is 11.8 Å². The summed E-state index contributed by atoms with van der Waals surface area (Å²) in [4.78, 5) is 18.3. The molecule has 0 bridgehead atoms. The van der Waals surface area contributed by atoms with E-state index < -0.39 is 0 Å². The number of hydrogen-bond acceptors (Lipinski definition) is 3. The van der Waals surface area contributed by atoms with Gasteiger partial charge in [0, 0.05) is 30.8 Å². The number of nitrogens with zero attached hydrogens (tertiary/aromatic N) is 2. The van der Waals surface area contributed by atoms with E-state index in [-0.39, 0.29) is 0 Å². The minimum atomic E-state index is 0.346. The third-order valence-electron chi connectivity index (χ3n) is 4.27. The van der Waals surface area contributed by atoms with Crippen molar-refractivity contribution in [1.82, 2.24) is 9.88 Å². The fourth-order valence-corrected chi connectivity index (χ4v) is 2.73. The number of carbonyl (C=O) groups excluding carboxylic acids is 1. The first-order valence-corrected chi connectivity index (χ1v) is 7.57. The maximum Gasteiger partial charge on any atom is 0.225 e. The lowest BCUT2D eigenvalue weighted by atomic mass is 9.97. The van der Waals surface area contributed by atoms with Crippen molar-refractivity contribution >= 4 is 5.91 Å². The largest absolute Gasteiger partial charge is 0.477 e. The Kier molecular flexibility index (Phi) is 3.90. The van der Waals surface area contributed by atoms with Crippen molar-refractivity contribution < 1.29 is 9.53 Å². The molecule has 1 aliphatic carbocycles. The van der Waals surface area contributed by atoms with Crippen LogP contribution in [0, 0.1) is 18.8 Å². The topological polar surface area (TPSA) is 42.4 Å². The molecule has 2 fully saturated rings. The van der Waals surface area contributed by atoms with Gasteiger partial charge in [0.05, 0.1) is 6.61 Å². The summed E-state index contributed by atoms with van der Waals surface area (Å²) in [6.45, 7) is 4.51. The molecular weight excluding hydrogens is 252 g/mol. The number of carbonyl (C=O) groups is 1. The Morgan fingerprint density at radius 2 is 2.10 bits per heavy atom. The maximum atomic E-state index is 12.0. The Bertz CT molecular complexity index is 477. The lowest BCUT2D eigenvalue weighted by Gasteiger charge is -2.32. The first-order chi connectivity index (χ1) is 9.74. The van der Waals surface area contributed by atoms with Gasteiger partial charge in [0.25, 0.3) is 0 Å². The van der Waals surface area contributed by atoms with Gasteiger partial charge in [-0.2, -0.15) is 0 Å². The summed E-state index contributed by atoms with van der Waals surface area (Å²) in [5.41, 5.74) is 1.08. The fourth-order valence-electron chi connectivity index (χ4n) is 2.73. The minimum Gasteiger partial charge on any atom is -0.477 e. The van der Waals surface area contributed by atoms with E-state index in [1.807, 2.05) is 24.0 Å². The number of hydrogen-bond donors (Lipinski definition) is 0. The minimum absolute atomic E-state index is 0.346. The maximum absolute atomic E-state index is 12.0. The molecule has 1 aliphatic heterocycles. The van der Waals surface area contributed by atoms with Crippen LogP contribution >= 0.6 is 0 Å².